The van der Waals surface area contributed by atoms with Crippen LogP contribution in [0.4, 0.5) is 0 Å². The summed E-state index contributed by atoms with van der Waals surface area (Å²) in [5.74, 6) is 0.937. The van der Waals surface area contributed by atoms with Gasteiger partial charge in [0.05, 0.1) is 18.6 Å². The first kappa shape index (κ1) is 18.1. The number of aromatic hydroxyl groups is 1. The third kappa shape index (κ3) is 3.34. The number of nitrogens with zero attached hydrogens (tertiary/aromatic N) is 2. The van der Waals surface area contributed by atoms with Crippen molar-refractivity contribution in [3.63, 3.8) is 0 Å². The second kappa shape index (κ2) is 7.46. The van der Waals surface area contributed by atoms with Gasteiger partial charge in [-0.05, 0) is 36.1 Å². The van der Waals surface area contributed by atoms with E-state index in [1.807, 2.05) is 42.5 Å². The first-order valence-corrected chi connectivity index (χ1v) is 10.5. The van der Waals surface area contributed by atoms with Gasteiger partial charge in [0.1, 0.15) is 16.4 Å². The second-order valence-electron chi connectivity index (χ2n) is 7.16. The van der Waals surface area contributed by atoms with E-state index in [4.69, 9.17) is 9.72 Å². The molecular weight excluding hydrogens is 384 g/mol. The summed E-state index contributed by atoms with van der Waals surface area (Å²) in [6.07, 6.45) is 1.44. The molecule has 0 radical (unpaired) electrons. The highest BCUT2D eigenvalue weighted by molar-refractivity contribution is 7.18. The Morgan fingerprint density at radius 3 is 2.69 bits per heavy atom. The van der Waals surface area contributed by atoms with Crippen LogP contribution in [0.5, 0.6) is 5.75 Å². The lowest BCUT2D eigenvalue weighted by Crippen LogP contribution is -2.25. The lowest BCUT2D eigenvalue weighted by molar-refractivity contribution is 0.114. The Kier molecular flexibility index (Phi) is 4.66. The monoisotopic (exact) mass is 404 g/mol. The fourth-order valence-electron chi connectivity index (χ4n) is 3.82. The minimum absolute atomic E-state index is 0.0204. The molecule has 1 aliphatic heterocycles. The number of ether oxygens (including phenoxy) is 1. The average molecular weight is 404 g/mol. The van der Waals surface area contributed by atoms with E-state index < -0.39 is 0 Å². The van der Waals surface area contributed by atoms with Crippen LogP contribution in [0, 0.1) is 0 Å². The van der Waals surface area contributed by atoms with Crippen LogP contribution in [0.3, 0.4) is 0 Å². The zero-order valence-electron chi connectivity index (χ0n) is 15.8. The Hall–Kier alpha value is -2.96. The Morgan fingerprint density at radius 1 is 1.10 bits per heavy atom. The molecular formula is C23H20N2O3S. The van der Waals surface area contributed by atoms with Crippen molar-refractivity contribution in [1.82, 2.24) is 9.55 Å². The van der Waals surface area contributed by atoms with Crippen molar-refractivity contribution in [2.24, 2.45) is 0 Å². The van der Waals surface area contributed by atoms with Crippen molar-refractivity contribution in [2.75, 3.05) is 6.61 Å². The second-order valence-corrected chi connectivity index (χ2v) is 8.24. The molecule has 146 valence electrons. The topological polar surface area (TPSA) is 64.4 Å². The minimum atomic E-state index is 0.0204. The highest BCUT2D eigenvalue weighted by Gasteiger charge is 2.22. The molecule has 1 aliphatic rings. The summed E-state index contributed by atoms with van der Waals surface area (Å²) < 4.78 is 7.38. The van der Waals surface area contributed by atoms with Gasteiger partial charge in [0, 0.05) is 17.0 Å². The number of fused-ring (bicyclic) bond motifs is 3. The molecule has 0 bridgehead atoms. The molecule has 0 saturated carbocycles. The molecule has 4 aromatic rings. The van der Waals surface area contributed by atoms with Crippen molar-refractivity contribution in [2.45, 2.75) is 26.0 Å². The largest absolute Gasteiger partial charge is 0.508 e. The normalized spacial score (nSPS) is 13.5. The predicted octanol–water partition coefficient (Wildman–Crippen LogP) is 4.15. The van der Waals surface area contributed by atoms with Crippen molar-refractivity contribution >= 4 is 21.6 Å². The molecule has 0 fully saturated rings. The SMILES string of the molecule is O=c1c2c3c(sc2nc(-c2ccccc2)n1CCc1ccc(O)cc1)COCC3. The fraction of sp³-hybridized carbons (Fsp3) is 0.217. The third-order valence-electron chi connectivity index (χ3n) is 5.32. The number of phenolic OH excluding ortho intramolecular Hbond substituents is 1. The van der Waals surface area contributed by atoms with E-state index >= 15 is 0 Å². The van der Waals surface area contributed by atoms with E-state index in [0.29, 0.717) is 32.0 Å². The summed E-state index contributed by atoms with van der Waals surface area (Å²) in [6.45, 7) is 1.73. The van der Waals surface area contributed by atoms with Gasteiger partial charge in [0.15, 0.2) is 0 Å². The molecule has 0 atom stereocenters. The Labute approximate surface area is 171 Å². The van der Waals surface area contributed by atoms with E-state index in [0.717, 1.165) is 38.2 Å². The molecule has 3 heterocycles. The number of aryl methyl sites for hydroxylation is 1. The lowest BCUT2D eigenvalue weighted by Gasteiger charge is -2.14. The van der Waals surface area contributed by atoms with Crippen LogP contribution in [0.1, 0.15) is 16.0 Å². The molecule has 0 unspecified atom stereocenters. The van der Waals surface area contributed by atoms with Gasteiger partial charge >= 0.3 is 0 Å². The van der Waals surface area contributed by atoms with Gasteiger partial charge in [0.25, 0.3) is 5.56 Å². The first-order valence-electron chi connectivity index (χ1n) is 9.67. The highest BCUT2D eigenvalue weighted by Crippen LogP contribution is 2.33. The zero-order valence-corrected chi connectivity index (χ0v) is 16.6. The van der Waals surface area contributed by atoms with Gasteiger partial charge in [-0.1, -0.05) is 42.5 Å². The van der Waals surface area contributed by atoms with Crippen molar-refractivity contribution in [3.8, 4) is 17.1 Å². The highest BCUT2D eigenvalue weighted by atomic mass is 32.1. The molecule has 0 aliphatic carbocycles. The molecule has 2 aromatic carbocycles. The van der Waals surface area contributed by atoms with Crippen LogP contribution >= 0.6 is 11.3 Å². The maximum atomic E-state index is 13.6. The van der Waals surface area contributed by atoms with Gasteiger partial charge in [-0.2, -0.15) is 0 Å². The quantitative estimate of drug-likeness (QED) is 0.555. The van der Waals surface area contributed by atoms with E-state index in [-0.39, 0.29) is 11.3 Å². The molecule has 0 spiro atoms. The van der Waals surface area contributed by atoms with E-state index in [9.17, 15) is 9.90 Å². The van der Waals surface area contributed by atoms with Gasteiger partial charge < -0.3 is 9.84 Å². The van der Waals surface area contributed by atoms with Crippen LogP contribution < -0.4 is 5.56 Å². The zero-order chi connectivity index (χ0) is 19.8. The predicted molar refractivity (Wildman–Crippen MR) is 114 cm³/mol. The molecule has 5 nitrogen and oxygen atoms in total. The van der Waals surface area contributed by atoms with Gasteiger partial charge in [-0.15, -0.1) is 11.3 Å². The lowest BCUT2D eigenvalue weighted by atomic mass is 10.1. The van der Waals surface area contributed by atoms with Crippen molar-refractivity contribution < 1.29 is 9.84 Å². The van der Waals surface area contributed by atoms with Crippen LogP contribution in [-0.2, 0) is 30.7 Å². The summed E-state index contributed by atoms with van der Waals surface area (Å²) in [7, 11) is 0. The number of hydrogen-bond acceptors (Lipinski definition) is 5. The Balaban J connectivity index is 1.65. The maximum Gasteiger partial charge on any atom is 0.262 e. The Morgan fingerprint density at radius 2 is 1.90 bits per heavy atom. The first-order chi connectivity index (χ1) is 14.2. The summed E-state index contributed by atoms with van der Waals surface area (Å²) in [5, 5.41) is 10.3. The summed E-state index contributed by atoms with van der Waals surface area (Å²) >= 11 is 1.57. The molecule has 2 aromatic heterocycles. The summed E-state index contributed by atoms with van der Waals surface area (Å²) in [5.41, 5.74) is 3.12. The van der Waals surface area contributed by atoms with E-state index in [2.05, 4.69) is 0 Å². The standard InChI is InChI=1S/C23H20N2O3S/c26-17-8-6-15(7-9-17)10-12-25-21(16-4-2-1-3-5-16)24-22-20(23(25)27)18-11-13-28-14-19(18)29-22/h1-9,26H,10-14H2. The van der Waals surface area contributed by atoms with E-state index in [1.54, 1.807) is 28.0 Å². The van der Waals surface area contributed by atoms with Gasteiger partial charge in [-0.3, -0.25) is 9.36 Å². The smallest absolute Gasteiger partial charge is 0.262 e. The fourth-order valence-corrected chi connectivity index (χ4v) is 4.97. The average Bonchev–Trinajstić information content (AvgIpc) is 3.13. The number of aromatic nitrogens is 2. The maximum absolute atomic E-state index is 13.6. The van der Waals surface area contributed by atoms with Gasteiger partial charge in [0.2, 0.25) is 0 Å². The Bertz CT molecular complexity index is 1230. The third-order valence-corrected chi connectivity index (χ3v) is 6.42. The molecule has 0 saturated heterocycles. The van der Waals surface area contributed by atoms with Crippen molar-refractivity contribution in [1.29, 1.82) is 0 Å². The molecule has 1 N–H and O–H groups in total. The van der Waals surface area contributed by atoms with Crippen LogP contribution in [0.2, 0.25) is 0 Å². The molecule has 0 amide bonds. The molecule has 29 heavy (non-hydrogen) atoms. The number of rotatable bonds is 4. The summed E-state index contributed by atoms with van der Waals surface area (Å²) in [4.78, 5) is 20.4. The van der Waals surface area contributed by atoms with E-state index in [1.165, 1.54) is 0 Å². The summed E-state index contributed by atoms with van der Waals surface area (Å²) in [6, 6.07) is 17.0. The van der Waals surface area contributed by atoms with Gasteiger partial charge in [-0.25, -0.2) is 4.98 Å². The minimum Gasteiger partial charge on any atom is -0.508 e. The number of hydrogen-bond donors (Lipinski definition) is 1. The number of phenols is 1. The number of benzene rings is 2. The van der Waals surface area contributed by atoms with Crippen LogP contribution in [-0.4, -0.2) is 21.3 Å². The van der Waals surface area contributed by atoms with Crippen LogP contribution in [0.15, 0.2) is 59.4 Å². The van der Waals surface area contributed by atoms with Crippen LogP contribution in [0.25, 0.3) is 21.6 Å². The van der Waals surface area contributed by atoms with Crippen molar-refractivity contribution in [3.05, 3.63) is 81.0 Å². The number of thiophene rings is 1. The molecule has 5 rings (SSSR count). The molecule has 6 heteroatoms.